The zero-order valence-electron chi connectivity index (χ0n) is 34.0. The molecule has 5 nitrogen and oxygen atoms in total. The largest absolute Gasteiger partial charge is 0.436 e. The van der Waals surface area contributed by atoms with E-state index in [1.807, 2.05) is 48.5 Å². The normalized spacial score (nSPS) is 11.5. The van der Waals surface area contributed by atoms with E-state index in [1.165, 1.54) is 32.7 Å². The van der Waals surface area contributed by atoms with Crippen molar-refractivity contribution in [3.63, 3.8) is 0 Å². The van der Waals surface area contributed by atoms with Gasteiger partial charge in [-0.3, -0.25) is 0 Å². The maximum atomic E-state index is 6.03. The third-order valence-electron chi connectivity index (χ3n) is 12.0. The lowest BCUT2D eigenvalue weighted by atomic mass is 9.95. The van der Waals surface area contributed by atoms with Crippen LogP contribution < -0.4 is 4.90 Å². The van der Waals surface area contributed by atoms with Gasteiger partial charge in [0.1, 0.15) is 11.0 Å². The Morgan fingerprint density at radius 1 is 0.302 bits per heavy atom. The van der Waals surface area contributed by atoms with Gasteiger partial charge in [-0.05, 0) is 152 Å². The fraction of sp³-hybridized carbons (Fsp3) is 0. The van der Waals surface area contributed by atoms with E-state index in [1.54, 1.807) is 0 Å². The number of aromatic nitrogens is 2. The van der Waals surface area contributed by atoms with Gasteiger partial charge in [-0.15, -0.1) is 0 Å². The van der Waals surface area contributed by atoms with Gasteiger partial charge in [0.15, 0.2) is 11.2 Å². The molecule has 0 amide bonds. The van der Waals surface area contributed by atoms with Crippen LogP contribution in [0.4, 0.5) is 17.1 Å². The molecule has 0 N–H and O–H groups in total. The highest BCUT2D eigenvalue weighted by atomic mass is 16.4. The summed E-state index contributed by atoms with van der Waals surface area (Å²) >= 11 is 0. The minimum absolute atomic E-state index is 0.622. The molecular weight excluding hydrogens is 771 g/mol. The van der Waals surface area contributed by atoms with Gasteiger partial charge in [0.2, 0.25) is 11.8 Å². The first-order valence-electron chi connectivity index (χ1n) is 21.1. The minimum atomic E-state index is 0.622. The highest BCUT2D eigenvalue weighted by molar-refractivity contribution is 6.05. The van der Waals surface area contributed by atoms with Crippen molar-refractivity contribution < 1.29 is 8.83 Å². The van der Waals surface area contributed by atoms with Crippen LogP contribution in [0.15, 0.2) is 233 Å². The van der Waals surface area contributed by atoms with E-state index in [4.69, 9.17) is 8.83 Å². The Balaban J connectivity index is 0.872. The highest BCUT2D eigenvalue weighted by Gasteiger charge is 2.16. The van der Waals surface area contributed by atoms with Crippen LogP contribution in [0.1, 0.15) is 0 Å². The van der Waals surface area contributed by atoms with Crippen molar-refractivity contribution in [3.05, 3.63) is 224 Å². The molecule has 12 rings (SSSR count). The van der Waals surface area contributed by atoms with Gasteiger partial charge >= 0.3 is 0 Å². The maximum absolute atomic E-state index is 6.03. The molecule has 5 heteroatoms. The number of fused-ring (bicyclic) bond motifs is 4. The molecule has 63 heavy (non-hydrogen) atoms. The van der Waals surface area contributed by atoms with Gasteiger partial charge in [-0.25, -0.2) is 9.97 Å². The Kier molecular flexibility index (Phi) is 8.75. The Hall–Kier alpha value is -8.54. The first-order chi connectivity index (χ1) is 31.2. The van der Waals surface area contributed by atoms with Crippen LogP contribution in [0.3, 0.4) is 0 Å². The summed E-state index contributed by atoms with van der Waals surface area (Å²) in [6.45, 7) is 0. The second kappa shape index (κ2) is 15.2. The molecule has 0 radical (unpaired) electrons. The van der Waals surface area contributed by atoms with E-state index in [9.17, 15) is 0 Å². The molecule has 2 aromatic heterocycles. The van der Waals surface area contributed by atoms with Crippen molar-refractivity contribution in [2.45, 2.75) is 0 Å². The van der Waals surface area contributed by atoms with Crippen molar-refractivity contribution in [2.24, 2.45) is 0 Å². The summed E-state index contributed by atoms with van der Waals surface area (Å²) in [5, 5.41) is 4.97. The van der Waals surface area contributed by atoms with Gasteiger partial charge in [-0.1, -0.05) is 127 Å². The van der Waals surface area contributed by atoms with E-state index >= 15 is 0 Å². The molecular formula is C58H37N3O2. The third-order valence-corrected chi connectivity index (χ3v) is 12.0. The lowest BCUT2D eigenvalue weighted by molar-refractivity contribution is 0.619. The molecule has 0 aliphatic carbocycles. The van der Waals surface area contributed by atoms with Crippen molar-refractivity contribution in [2.75, 3.05) is 4.90 Å². The molecule has 0 bridgehead atoms. The first-order valence-corrected chi connectivity index (χ1v) is 21.1. The Morgan fingerprint density at radius 3 is 1.16 bits per heavy atom. The van der Waals surface area contributed by atoms with E-state index in [0.717, 1.165) is 72.6 Å². The van der Waals surface area contributed by atoms with E-state index < -0.39 is 0 Å². The molecule has 0 saturated heterocycles. The first kappa shape index (κ1) is 36.3. The number of para-hydroxylation sites is 4. The highest BCUT2D eigenvalue weighted by Crippen LogP contribution is 2.40. The molecule has 0 aliphatic rings. The predicted molar refractivity (Wildman–Crippen MR) is 258 cm³/mol. The SMILES string of the molecule is c1ccc2cc3c(-c4ccc(N(c5ccc(-c6ccc(-c7nc8ccccc8o7)cc6)cc5)c5ccc(-c6ccc(-c7nc8ccccc8o7)cc6)cc5)cc4)cccc3cc2c1. The summed E-state index contributed by atoms with van der Waals surface area (Å²) in [7, 11) is 0. The van der Waals surface area contributed by atoms with Crippen LogP contribution in [0.5, 0.6) is 0 Å². The molecule has 10 aromatic carbocycles. The van der Waals surface area contributed by atoms with Gasteiger partial charge in [0, 0.05) is 28.2 Å². The molecule has 0 unspecified atom stereocenters. The number of benzene rings is 10. The Morgan fingerprint density at radius 2 is 0.683 bits per heavy atom. The Labute approximate surface area is 363 Å². The Bertz CT molecular complexity index is 3360. The van der Waals surface area contributed by atoms with Gasteiger partial charge in [0.25, 0.3) is 0 Å². The molecule has 0 aliphatic heterocycles. The van der Waals surface area contributed by atoms with Crippen LogP contribution in [-0.4, -0.2) is 9.97 Å². The number of oxazole rings is 2. The second-order valence-electron chi connectivity index (χ2n) is 15.8. The fourth-order valence-electron chi connectivity index (χ4n) is 8.66. The summed E-state index contributed by atoms with van der Waals surface area (Å²) in [4.78, 5) is 11.7. The third kappa shape index (κ3) is 6.78. The molecule has 0 saturated carbocycles. The van der Waals surface area contributed by atoms with Crippen molar-refractivity contribution in [3.8, 4) is 56.3 Å². The molecule has 0 fully saturated rings. The van der Waals surface area contributed by atoms with Crippen LogP contribution in [-0.2, 0) is 0 Å². The van der Waals surface area contributed by atoms with Crippen molar-refractivity contribution in [1.82, 2.24) is 9.97 Å². The average Bonchev–Trinajstić information content (AvgIpc) is 4.00. The van der Waals surface area contributed by atoms with E-state index in [2.05, 4.69) is 191 Å². The monoisotopic (exact) mass is 807 g/mol. The lowest BCUT2D eigenvalue weighted by Crippen LogP contribution is -2.09. The van der Waals surface area contributed by atoms with Gasteiger partial charge in [0.05, 0.1) is 0 Å². The van der Waals surface area contributed by atoms with E-state index in [-0.39, 0.29) is 0 Å². The van der Waals surface area contributed by atoms with Crippen molar-refractivity contribution >= 4 is 60.8 Å². The van der Waals surface area contributed by atoms with Gasteiger partial charge in [-0.2, -0.15) is 0 Å². The van der Waals surface area contributed by atoms with Crippen molar-refractivity contribution in [1.29, 1.82) is 0 Å². The zero-order valence-corrected chi connectivity index (χ0v) is 34.0. The molecule has 12 aromatic rings. The molecule has 2 heterocycles. The molecule has 0 atom stereocenters. The topological polar surface area (TPSA) is 55.3 Å². The smallest absolute Gasteiger partial charge is 0.227 e. The standard InChI is InChI=1S/C58H37N3O2/c1-2-9-46-37-52-47(36-45(46)8-1)10-7-11-51(52)42-28-34-50(35-29-42)61(48-30-24-40(25-31-48)38-16-20-43(21-17-38)57-59-53-12-3-5-14-55(53)62-57)49-32-26-41(27-33-49)39-18-22-44(23-19-39)58-60-54-13-4-6-15-56(54)63-58/h1-37H. The zero-order chi connectivity index (χ0) is 41.7. The maximum Gasteiger partial charge on any atom is 0.227 e. The fourth-order valence-corrected chi connectivity index (χ4v) is 8.66. The van der Waals surface area contributed by atoms with E-state index in [0.29, 0.717) is 11.8 Å². The quantitative estimate of drug-likeness (QED) is 0.143. The molecule has 296 valence electrons. The molecule has 0 spiro atoms. The predicted octanol–water partition coefficient (Wildman–Crippen LogP) is 16.1. The van der Waals surface area contributed by atoms with Crippen LogP contribution >= 0.6 is 0 Å². The minimum Gasteiger partial charge on any atom is -0.436 e. The summed E-state index contributed by atoms with van der Waals surface area (Å²) in [5.74, 6) is 1.24. The number of nitrogens with zero attached hydrogens (tertiary/aromatic N) is 3. The number of hydrogen-bond acceptors (Lipinski definition) is 5. The van der Waals surface area contributed by atoms with Crippen LogP contribution in [0.2, 0.25) is 0 Å². The van der Waals surface area contributed by atoms with Crippen LogP contribution in [0, 0.1) is 0 Å². The average molecular weight is 808 g/mol. The number of hydrogen-bond donors (Lipinski definition) is 0. The summed E-state index contributed by atoms with van der Waals surface area (Å²) < 4.78 is 12.1. The summed E-state index contributed by atoms with van der Waals surface area (Å²) in [6, 6.07) is 78.8. The van der Waals surface area contributed by atoms with Crippen LogP contribution in [0.25, 0.3) is 100 Å². The number of rotatable bonds is 8. The summed E-state index contributed by atoms with van der Waals surface area (Å²) in [6.07, 6.45) is 0. The van der Waals surface area contributed by atoms with Gasteiger partial charge < -0.3 is 13.7 Å². The summed E-state index contributed by atoms with van der Waals surface area (Å²) in [5.41, 5.74) is 15.2. The lowest BCUT2D eigenvalue weighted by Gasteiger charge is -2.26. The second-order valence-corrected chi connectivity index (χ2v) is 15.8. The number of anilines is 3.